The van der Waals surface area contributed by atoms with Crippen LogP contribution in [0.3, 0.4) is 0 Å². The van der Waals surface area contributed by atoms with E-state index in [1.807, 2.05) is 123 Å². The van der Waals surface area contributed by atoms with Crippen LogP contribution in [0.15, 0.2) is 121 Å². The van der Waals surface area contributed by atoms with E-state index in [0.29, 0.717) is 82.1 Å². The summed E-state index contributed by atoms with van der Waals surface area (Å²) in [5.74, 6) is -2.58. The maximum Gasteiger partial charge on any atom is 0.247 e. The van der Waals surface area contributed by atoms with Crippen molar-refractivity contribution >= 4 is 47.1 Å². The molecule has 4 aromatic carbocycles. The number of likely N-dealkylation sites (N-methyl/N-ethyl adjacent to an activating group) is 1. The topological polar surface area (TPSA) is 227 Å². The Hall–Kier alpha value is -7.24. The Morgan fingerprint density at radius 1 is 0.523 bits per heavy atom. The van der Waals surface area contributed by atoms with Gasteiger partial charge in [-0.2, -0.15) is 0 Å². The lowest BCUT2D eigenvalue weighted by atomic mass is 9.87. The molecule has 4 aliphatic rings. The van der Waals surface area contributed by atoms with Gasteiger partial charge in [0.25, 0.3) is 0 Å². The number of nitrogens with zero attached hydrogens (tertiary/aromatic N) is 2. The number of rotatable bonds is 32. The van der Waals surface area contributed by atoms with Crippen molar-refractivity contribution in [3.63, 3.8) is 0 Å². The Morgan fingerprint density at radius 2 is 1.00 bits per heavy atom. The molecule has 0 aliphatic carbocycles. The third-order valence-electron chi connectivity index (χ3n) is 19.1. The Morgan fingerprint density at radius 3 is 1.57 bits per heavy atom. The lowest BCUT2D eigenvalue weighted by molar-refractivity contribution is -0.144. The quantitative estimate of drug-likeness (QED) is 0.0231. The van der Waals surface area contributed by atoms with Crippen LogP contribution >= 0.6 is 0 Å². The average molecular weight is 1200 g/mol. The van der Waals surface area contributed by atoms with Crippen molar-refractivity contribution < 1.29 is 38.4 Å². The third-order valence-corrected chi connectivity index (χ3v) is 19.1. The molecule has 8 rings (SSSR count). The first-order valence-corrected chi connectivity index (χ1v) is 33.0. The Bertz CT molecular complexity index is 2700. The minimum absolute atomic E-state index is 0.0642. The van der Waals surface area contributed by atoms with Crippen LogP contribution in [0.5, 0.6) is 0 Å². The maximum atomic E-state index is 14.7. The molecule has 4 aromatic rings. The molecule has 7 amide bonds. The van der Waals surface area contributed by atoms with Crippen LogP contribution < -0.4 is 37.2 Å². The highest BCUT2D eigenvalue weighted by Gasteiger charge is 2.50. The van der Waals surface area contributed by atoms with E-state index in [2.05, 4.69) is 49.4 Å². The fourth-order valence-corrected chi connectivity index (χ4v) is 13.6. The van der Waals surface area contributed by atoms with Gasteiger partial charge in [-0.15, -0.1) is 0 Å². The SMILES string of the molecule is CC[C@@H](C)C(=O)N[C@@H]1C(=O)N2[C@@H](CC[C@@H]1CCCc1ccccc1)CC[C@H]2C(=O)N[C@H](C(=O)NCCCCCCCCCC(=O)[C@@H](NC(=O)[C@@H]1CC[C@@H]2CC[C@H](CNCc3ccccc3)[C@H](NC(=O)[C@H](C)NC)C(=O)N21)c1ccccc1)c1ccccc1. The van der Waals surface area contributed by atoms with E-state index in [-0.39, 0.29) is 83.4 Å². The van der Waals surface area contributed by atoms with Crippen molar-refractivity contribution in [3.05, 3.63) is 144 Å². The number of unbranched alkanes of at least 4 members (excludes halogenated alkanes) is 6. The van der Waals surface area contributed by atoms with E-state index in [1.165, 1.54) is 5.56 Å². The number of carbonyl (C=O) groups is 8. The molecule has 17 nitrogen and oxygen atoms in total. The van der Waals surface area contributed by atoms with Crippen molar-refractivity contribution in [2.45, 2.75) is 210 Å². The van der Waals surface area contributed by atoms with Crippen LogP contribution in [0.25, 0.3) is 0 Å². The molecule has 17 heteroatoms. The second kappa shape index (κ2) is 33.9. The molecular weight excluding hydrogens is 1110 g/mol. The van der Waals surface area contributed by atoms with Crippen molar-refractivity contribution in [2.24, 2.45) is 17.8 Å². The van der Waals surface area contributed by atoms with E-state index in [1.54, 1.807) is 23.8 Å². The molecule has 12 atom stereocenters. The largest absolute Gasteiger partial charge is 0.354 e. The van der Waals surface area contributed by atoms with Crippen molar-refractivity contribution in [1.82, 2.24) is 47.0 Å². The number of aryl methyl sites for hydroxylation is 1. The average Bonchev–Trinajstić information content (AvgIpc) is 2.23. The van der Waals surface area contributed by atoms with Crippen LogP contribution in [-0.4, -0.2) is 119 Å². The zero-order valence-corrected chi connectivity index (χ0v) is 52.4. The minimum atomic E-state index is -0.968. The van der Waals surface area contributed by atoms with E-state index in [0.717, 1.165) is 76.2 Å². The van der Waals surface area contributed by atoms with E-state index < -0.39 is 42.3 Å². The number of ketones is 1. The summed E-state index contributed by atoms with van der Waals surface area (Å²) in [6.45, 7) is 7.13. The summed E-state index contributed by atoms with van der Waals surface area (Å²) in [4.78, 5) is 117. The molecule has 0 spiro atoms. The molecule has 474 valence electrons. The van der Waals surface area contributed by atoms with E-state index in [4.69, 9.17) is 0 Å². The molecule has 0 unspecified atom stereocenters. The number of nitrogens with one attached hydrogen (secondary N) is 7. The third kappa shape index (κ3) is 18.2. The highest BCUT2D eigenvalue weighted by molar-refractivity contribution is 5.97. The van der Waals surface area contributed by atoms with Gasteiger partial charge in [0.2, 0.25) is 41.4 Å². The molecule has 0 aromatic heterocycles. The maximum absolute atomic E-state index is 14.7. The molecule has 0 bridgehead atoms. The molecule has 4 aliphatic heterocycles. The minimum Gasteiger partial charge on any atom is -0.354 e. The number of fused-ring (bicyclic) bond motifs is 2. The lowest BCUT2D eigenvalue weighted by Crippen LogP contribution is -2.59. The number of hydrogen-bond donors (Lipinski definition) is 7. The van der Waals surface area contributed by atoms with Gasteiger partial charge in [-0.05, 0) is 132 Å². The Balaban J connectivity index is 0.791. The van der Waals surface area contributed by atoms with E-state index >= 15 is 0 Å². The van der Waals surface area contributed by atoms with Crippen molar-refractivity contribution in [3.8, 4) is 0 Å². The lowest BCUT2D eigenvalue weighted by Gasteiger charge is -2.33. The van der Waals surface area contributed by atoms with Gasteiger partial charge in [0.15, 0.2) is 5.78 Å². The highest BCUT2D eigenvalue weighted by Crippen LogP contribution is 2.38. The summed E-state index contributed by atoms with van der Waals surface area (Å²) in [5, 5.41) is 21.9. The molecule has 88 heavy (non-hydrogen) atoms. The monoisotopic (exact) mass is 1200 g/mol. The van der Waals surface area contributed by atoms with Crippen LogP contribution in [0.2, 0.25) is 0 Å². The Labute approximate surface area is 521 Å². The summed E-state index contributed by atoms with van der Waals surface area (Å²) >= 11 is 0. The predicted octanol–water partition coefficient (Wildman–Crippen LogP) is 8.48. The van der Waals surface area contributed by atoms with Gasteiger partial charge < -0.3 is 47.0 Å². The summed E-state index contributed by atoms with van der Waals surface area (Å²) < 4.78 is 0. The second-order valence-corrected chi connectivity index (χ2v) is 25.1. The zero-order valence-electron chi connectivity index (χ0n) is 52.4. The van der Waals surface area contributed by atoms with Gasteiger partial charge in [0.1, 0.15) is 36.3 Å². The van der Waals surface area contributed by atoms with Crippen LogP contribution in [0.4, 0.5) is 0 Å². The standard InChI is InChI=1S/C71H97N9O8/c1-5-48(2)65(82)77-63-54(35-25-30-50-26-15-11-16-27-50)37-39-56-41-44-59(79(56)70(63)87)68(85)76-62(53-33-21-14-22-34-53)69(86)74-45-24-10-8-6-7-9-23-36-60(81)61(52-31-19-13-20-32-52)75-67(84)58-43-42-57-40-38-55(47-73-46-51-28-17-12-18-29-51)64(71(88)80(57)58)78-66(83)49(3)72-4/h11-22,26-29,31-34,48-49,54-59,61-64,72-73H,5-10,23-25,30,35-47H2,1-4H3,(H,74,86)(H,75,84)(H,76,85)(H,77,82)(H,78,83)/t48-,49+,54+,55-,56+,57+,58+,59+,61+,62+,63+,64+/m1/s1. The molecular formula is C71H97N9O8. The zero-order chi connectivity index (χ0) is 62.4. The predicted molar refractivity (Wildman–Crippen MR) is 342 cm³/mol. The number of Topliss-reactive ketones (excluding diaryl/α,β-unsaturated/α-hetero) is 1. The smallest absolute Gasteiger partial charge is 0.247 e. The summed E-state index contributed by atoms with van der Waals surface area (Å²) in [6.07, 6.45) is 14.5. The van der Waals surface area contributed by atoms with Gasteiger partial charge in [-0.25, -0.2) is 0 Å². The van der Waals surface area contributed by atoms with Gasteiger partial charge in [-0.3, -0.25) is 38.4 Å². The van der Waals surface area contributed by atoms with Gasteiger partial charge in [0.05, 0.1) is 6.04 Å². The molecule has 0 radical (unpaired) electrons. The summed E-state index contributed by atoms with van der Waals surface area (Å²) in [7, 11) is 1.70. The molecule has 4 saturated heterocycles. The van der Waals surface area contributed by atoms with Crippen LogP contribution in [0.1, 0.15) is 177 Å². The van der Waals surface area contributed by atoms with Crippen LogP contribution in [-0.2, 0) is 51.3 Å². The van der Waals surface area contributed by atoms with E-state index in [9.17, 15) is 38.4 Å². The number of hydrogen-bond acceptors (Lipinski definition) is 10. The second-order valence-electron chi connectivity index (χ2n) is 25.1. The van der Waals surface area contributed by atoms with Crippen molar-refractivity contribution in [1.29, 1.82) is 0 Å². The molecule has 4 heterocycles. The van der Waals surface area contributed by atoms with Gasteiger partial charge in [0, 0.05) is 50.0 Å². The highest BCUT2D eigenvalue weighted by atomic mass is 16.2. The normalized spacial score (nSPS) is 23.0. The number of benzene rings is 4. The number of carbonyl (C=O) groups excluding carboxylic acids is 8. The molecule has 7 N–H and O–H groups in total. The fourth-order valence-electron chi connectivity index (χ4n) is 13.6. The first kappa shape index (κ1) is 66.7. The van der Waals surface area contributed by atoms with Gasteiger partial charge in [-0.1, -0.05) is 167 Å². The van der Waals surface area contributed by atoms with Crippen LogP contribution in [0, 0.1) is 17.8 Å². The summed E-state index contributed by atoms with van der Waals surface area (Å²) in [5.41, 5.74) is 3.68. The molecule has 4 fully saturated rings. The number of amides is 7. The fraction of sp³-hybridized carbons (Fsp3) is 0.549. The van der Waals surface area contributed by atoms with Crippen molar-refractivity contribution in [2.75, 3.05) is 20.1 Å². The first-order chi connectivity index (χ1) is 42.8. The van der Waals surface area contributed by atoms with Gasteiger partial charge >= 0.3 is 0 Å². The summed E-state index contributed by atoms with van der Waals surface area (Å²) in [6, 6.07) is 33.0. The molecule has 0 saturated carbocycles. The Kier molecular flexibility index (Phi) is 25.7. The first-order valence-electron chi connectivity index (χ1n) is 33.0.